The number of pyridine rings is 1. The minimum Gasteiger partial charge on any atom is -0.392 e. The summed E-state index contributed by atoms with van der Waals surface area (Å²) in [4.78, 5) is 11.4. The quantitative estimate of drug-likeness (QED) is 0.808. The van der Waals surface area contributed by atoms with Gasteiger partial charge >= 0.3 is 0 Å². The van der Waals surface area contributed by atoms with Crippen LogP contribution < -0.4 is 5.56 Å². The molecule has 5 heteroatoms. The maximum absolute atomic E-state index is 12.6. The average Bonchev–Trinajstić information content (AvgIpc) is 2.15. The van der Waals surface area contributed by atoms with Crippen LogP contribution in [0.4, 0.5) is 8.78 Å². The highest BCUT2D eigenvalue weighted by Gasteiger charge is 2.46. The molecule has 1 aromatic rings. The van der Waals surface area contributed by atoms with E-state index in [0.29, 0.717) is 5.56 Å². The molecular formula is C10H11F2NO2. The van der Waals surface area contributed by atoms with Crippen LogP contribution in [0.3, 0.4) is 0 Å². The van der Waals surface area contributed by atoms with Crippen LogP contribution in [-0.4, -0.2) is 15.6 Å². The molecule has 1 saturated carbocycles. The van der Waals surface area contributed by atoms with Crippen LogP contribution in [0, 0.1) is 0 Å². The summed E-state index contributed by atoms with van der Waals surface area (Å²) in [7, 11) is 0. The van der Waals surface area contributed by atoms with Crippen molar-refractivity contribution in [2.45, 2.75) is 31.4 Å². The van der Waals surface area contributed by atoms with Crippen molar-refractivity contribution >= 4 is 0 Å². The van der Waals surface area contributed by atoms with E-state index in [1.807, 2.05) is 0 Å². The molecular weight excluding hydrogens is 204 g/mol. The van der Waals surface area contributed by atoms with Crippen LogP contribution in [0.5, 0.6) is 0 Å². The maximum Gasteiger partial charge on any atom is 0.252 e. The van der Waals surface area contributed by atoms with Crippen LogP contribution in [0.2, 0.25) is 0 Å². The summed E-state index contributed by atoms with van der Waals surface area (Å²) >= 11 is 0. The minimum atomic E-state index is -2.64. The maximum atomic E-state index is 12.6. The molecule has 1 N–H and O–H groups in total. The zero-order valence-corrected chi connectivity index (χ0v) is 7.99. The molecule has 0 radical (unpaired) electrons. The Kier molecular flexibility index (Phi) is 2.34. The molecule has 1 aromatic heterocycles. The number of aliphatic hydroxyl groups is 1. The summed E-state index contributed by atoms with van der Waals surface area (Å²) in [6, 6.07) is 2.36. The van der Waals surface area contributed by atoms with Crippen molar-refractivity contribution in [2.75, 3.05) is 0 Å². The zero-order valence-electron chi connectivity index (χ0n) is 7.99. The van der Waals surface area contributed by atoms with Crippen LogP contribution in [-0.2, 0) is 6.61 Å². The van der Waals surface area contributed by atoms with E-state index < -0.39 is 12.0 Å². The average molecular weight is 215 g/mol. The van der Waals surface area contributed by atoms with Gasteiger partial charge in [-0.3, -0.25) is 4.79 Å². The topological polar surface area (TPSA) is 42.2 Å². The molecule has 3 nitrogen and oxygen atoms in total. The first-order valence-electron chi connectivity index (χ1n) is 4.71. The van der Waals surface area contributed by atoms with E-state index in [1.54, 1.807) is 0 Å². The molecule has 0 bridgehead atoms. The first-order chi connectivity index (χ1) is 7.02. The lowest BCUT2D eigenvalue weighted by Gasteiger charge is -2.36. The van der Waals surface area contributed by atoms with E-state index in [2.05, 4.69) is 0 Å². The van der Waals surface area contributed by atoms with Gasteiger partial charge in [0.15, 0.2) is 0 Å². The van der Waals surface area contributed by atoms with Crippen molar-refractivity contribution in [3.63, 3.8) is 0 Å². The van der Waals surface area contributed by atoms with Gasteiger partial charge in [0.1, 0.15) is 0 Å². The minimum absolute atomic E-state index is 0.191. The molecule has 0 aromatic carbocycles. The van der Waals surface area contributed by atoms with Gasteiger partial charge < -0.3 is 9.67 Å². The monoisotopic (exact) mass is 215 g/mol. The fourth-order valence-corrected chi connectivity index (χ4v) is 1.75. The number of alkyl halides is 2. The van der Waals surface area contributed by atoms with Crippen molar-refractivity contribution in [1.29, 1.82) is 0 Å². The highest BCUT2D eigenvalue weighted by atomic mass is 19.3. The Labute approximate surface area is 85.0 Å². The zero-order chi connectivity index (χ0) is 11.1. The van der Waals surface area contributed by atoms with Crippen molar-refractivity contribution in [3.05, 3.63) is 34.2 Å². The molecule has 0 aliphatic heterocycles. The van der Waals surface area contributed by atoms with Gasteiger partial charge in [0.25, 0.3) is 11.5 Å². The largest absolute Gasteiger partial charge is 0.392 e. The molecule has 1 heterocycles. The van der Waals surface area contributed by atoms with Crippen molar-refractivity contribution in [1.82, 2.24) is 4.57 Å². The Morgan fingerprint density at radius 3 is 2.67 bits per heavy atom. The molecule has 0 unspecified atom stereocenters. The van der Waals surface area contributed by atoms with Crippen molar-refractivity contribution < 1.29 is 13.9 Å². The fraction of sp³-hybridized carbons (Fsp3) is 0.500. The van der Waals surface area contributed by atoms with E-state index in [9.17, 15) is 13.6 Å². The van der Waals surface area contributed by atoms with Gasteiger partial charge in [0, 0.05) is 31.1 Å². The van der Waals surface area contributed by atoms with Crippen molar-refractivity contribution in [3.8, 4) is 0 Å². The van der Waals surface area contributed by atoms with Gasteiger partial charge in [0.05, 0.1) is 6.61 Å². The highest BCUT2D eigenvalue weighted by molar-refractivity contribution is 5.10. The number of aromatic nitrogens is 1. The third kappa shape index (κ3) is 1.92. The number of aliphatic hydroxyl groups excluding tert-OH is 1. The van der Waals surface area contributed by atoms with E-state index in [1.165, 1.54) is 22.9 Å². The number of nitrogens with zero attached hydrogens (tertiary/aromatic N) is 1. The van der Waals surface area contributed by atoms with Crippen LogP contribution in [0.15, 0.2) is 23.1 Å². The second-order valence-electron chi connectivity index (χ2n) is 3.86. The van der Waals surface area contributed by atoms with Crippen LogP contribution in [0.25, 0.3) is 0 Å². The first kappa shape index (κ1) is 10.3. The van der Waals surface area contributed by atoms with Crippen LogP contribution >= 0.6 is 0 Å². The van der Waals surface area contributed by atoms with Gasteiger partial charge in [-0.25, -0.2) is 8.78 Å². The van der Waals surface area contributed by atoms with Gasteiger partial charge in [-0.15, -0.1) is 0 Å². The lowest BCUT2D eigenvalue weighted by Crippen LogP contribution is -2.40. The Morgan fingerprint density at radius 1 is 1.47 bits per heavy atom. The normalized spacial score (nSPS) is 19.9. The molecule has 0 amide bonds. The summed E-state index contributed by atoms with van der Waals surface area (Å²) in [5.74, 6) is -2.64. The van der Waals surface area contributed by atoms with E-state index in [-0.39, 0.29) is 25.0 Å². The van der Waals surface area contributed by atoms with Crippen molar-refractivity contribution in [2.24, 2.45) is 0 Å². The molecule has 0 spiro atoms. The predicted molar refractivity (Wildman–Crippen MR) is 49.8 cm³/mol. The molecule has 0 saturated heterocycles. The lowest BCUT2D eigenvalue weighted by molar-refractivity contribution is -0.105. The van der Waals surface area contributed by atoms with E-state index in [4.69, 9.17) is 5.11 Å². The summed E-state index contributed by atoms with van der Waals surface area (Å²) in [6.07, 6.45) is 0.867. The van der Waals surface area contributed by atoms with Gasteiger partial charge in [-0.05, 0) is 11.6 Å². The Bertz CT molecular complexity index is 420. The summed E-state index contributed by atoms with van der Waals surface area (Å²) < 4.78 is 26.5. The molecule has 1 fully saturated rings. The summed E-state index contributed by atoms with van der Waals surface area (Å²) in [5.41, 5.74) is 0.262. The third-order valence-electron chi connectivity index (χ3n) is 2.64. The molecule has 15 heavy (non-hydrogen) atoms. The van der Waals surface area contributed by atoms with Gasteiger partial charge in [-0.2, -0.15) is 0 Å². The SMILES string of the molecule is O=c1ccc(CO)cn1C1CC(F)(F)C1. The Balaban J connectivity index is 2.25. The standard InChI is InChI=1S/C10H11F2NO2/c11-10(12)3-8(4-10)13-5-7(6-14)1-2-9(13)15/h1-2,5,8,14H,3-4,6H2. The summed E-state index contributed by atoms with van der Waals surface area (Å²) in [6.45, 7) is -0.191. The van der Waals surface area contributed by atoms with Gasteiger partial charge in [-0.1, -0.05) is 0 Å². The Hall–Kier alpha value is -1.23. The molecule has 1 aliphatic rings. The summed E-state index contributed by atoms with van der Waals surface area (Å²) in [5, 5.41) is 8.86. The van der Waals surface area contributed by atoms with E-state index in [0.717, 1.165) is 0 Å². The second kappa shape index (κ2) is 3.41. The van der Waals surface area contributed by atoms with Crippen LogP contribution in [0.1, 0.15) is 24.4 Å². The predicted octanol–water partition coefficient (Wildman–Crippen LogP) is 1.31. The van der Waals surface area contributed by atoms with E-state index >= 15 is 0 Å². The third-order valence-corrected chi connectivity index (χ3v) is 2.64. The second-order valence-corrected chi connectivity index (χ2v) is 3.86. The molecule has 0 atom stereocenters. The highest BCUT2D eigenvalue weighted by Crippen LogP contribution is 2.44. The Morgan fingerprint density at radius 2 is 2.13 bits per heavy atom. The van der Waals surface area contributed by atoms with Gasteiger partial charge in [0.2, 0.25) is 0 Å². The molecule has 1 aliphatic carbocycles. The number of halogens is 2. The number of hydrogen-bond donors (Lipinski definition) is 1. The fourth-order valence-electron chi connectivity index (χ4n) is 1.75. The number of hydrogen-bond acceptors (Lipinski definition) is 2. The lowest BCUT2D eigenvalue weighted by atomic mass is 9.88. The molecule has 2 rings (SSSR count). The molecule has 82 valence electrons. The first-order valence-corrected chi connectivity index (χ1v) is 4.71. The number of rotatable bonds is 2. The smallest absolute Gasteiger partial charge is 0.252 e.